The Labute approximate surface area is 116 Å². The van der Waals surface area contributed by atoms with E-state index in [2.05, 4.69) is 0 Å². The number of rotatable bonds is 3. The van der Waals surface area contributed by atoms with Crippen LogP contribution in [0.1, 0.15) is 27.0 Å². The normalized spacial score (nSPS) is 9.80. The van der Waals surface area contributed by atoms with Gasteiger partial charge in [-0.2, -0.15) is 5.26 Å². The minimum atomic E-state index is -0.496. The first kappa shape index (κ1) is 13.6. The molecule has 0 aliphatic rings. The topological polar surface area (TPSA) is 70.3 Å². The smallest absolute Gasteiger partial charge is 0.338 e. The van der Waals surface area contributed by atoms with E-state index in [1.165, 1.54) is 6.07 Å². The molecule has 4 heteroatoms. The summed E-state index contributed by atoms with van der Waals surface area (Å²) in [4.78, 5) is 11.8. The molecule has 0 saturated carbocycles. The van der Waals surface area contributed by atoms with Gasteiger partial charge < -0.3 is 9.84 Å². The van der Waals surface area contributed by atoms with Crippen LogP contribution in [0.4, 0.5) is 0 Å². The van der Waals surface area contributed by atoms with Gasteiger partial charge in [-0.3, -0.25) is 0 Å². The molecule has 0 radical (unpaired) electrons. The lowest BCUT2D eigenvalue weighted by atomic mass is 10.1. The summed E-state index contributed by atoms with van der Waals surface area (Å²) in [6.07, 6.45) is 0. The Morgan fingerprint density at radius 2 is 1.95 bits per heavy atom. The number of aryl methyl sites for hydroxylation is 1. The lowest BCUT2D eigenvalue weighted by Crippen LogP contribution is -2.05. The molecule has 0 bridgehead atoms. The Kier molecular flexibility index (Phi) is 4.02. The number of nitrogens with zero attached hydrogens (tertiary/aromatic N) is 1. The van der Waals surface area contributed by atoms with Crippen molar-refractivity contribution in [2.24, 2.45) is 0 Å². The molecule has 20 heavy (non-hydrogen) atoms. The Hall–Kier alpha value is -2.80. The van der Waals surface area contributed by atoms with Crippen molar-refractivity contribution in [1.29, 1.82) is 5.26 Å². The van der Waals surface area contributed by atoms with E-state index in [0.717, 1.165) is 5.56 Å². The van der Waals surface area contributed by atoms with E-state index in [4.69, 9.17) is 10.00 Å². The van der Waals surface area contributed by atoms with E-state index in [1.54, 1.807) is 43.3 Å². The SMILES string of the molecule is Cc1ccc(C(=O)OCc2ccc(C#N)cc2)cc1O. The van der Waals surface area contributed by atoms with Crippen molar-refractivity contribution in [1.82, 2.24) is 0 Å². The molecule has 0 aliphatic heterocycles. The summed E-state index contributed by atoms with van der Waals surface area (Å²) in [5, 5.41) is 18.2. The number of aromatic hydroxyl groups is 1. The van der Waals surface area contributed by atoms with Crippen molar-refractivity contribution in [2.75, 3.05) is 0 Å². The Bertz CT molecular complexity index is 669. The van der Waals surface area contributed by atoms with E-state index in [0.29, 0.717) is 16.7 Å². The zero-order valence-corrected chi connectivity index (χ0v) is 11.0. The summed E-state index contributed by atoms with van der Waals surface area (Å²) < 4.78 is 5.15. The summed E-state index contributed by atoms with van der Waals surface area (Å²) in [6, 6.07) is 13.5. The molecule has 100 valence electrons. The molecule has 0 heterocycles. The molecule has 0 amide bonds. The average molecular weight is 267 g/mol. The maximum atomic E-state index is 11.8. The Balaban J connectivity index is 2.01. The maximum Gasteiger partial charge on any atom is 0.338 e. The van der Waals surface area contributed by atoms with Gasteiger partial charge in [-0.1, -0.05) is 18.2 Å². The van der Waals surface area contributed by atoms with Gasteiger partial charge in [0.2, 0.25) is 0 Å². The molecule has 0 aliphatic carbocycles. The fourth-order valence-corrected chi connectivity index (χ4v) is 1.64. The van der Waals surface area contributed by atoms with Gasteiger partial charge in [0.25, 0.3) is 0 Å². The average Bonchev–Trinajstić information content (AvgIpc) is 2.48. The highest BCUT2D eigenvalue weighted by atomic mass is 16.5. The number of phenols is 1. The van der Waals surface area contributed by atoms with E-state index in [1.807, 2.05) is 6.07 Å². The van der Waals surface area contributed by atoms with Crippen LogP contribution in [0.3, 0.4) is 0 Å². The minimum absolute atomic E-state index is 0.0674. The lowest BCUT2D eigenvalue weighted by molar-refractivity contribution is 0.0472. The van der Waals surface area contributed by atoms with Crippen LogP contribution in [-0.4, -0.2) is 11.1 Å². The fraction of sp³-hybridized carbons (Fsp3) is 0.125. The zero-order valence-electron chi connectivity index (χ0n) is 11.0. The molecule has 4 nitrogen and oxygen atoms in total. The number of benzene rings is 2. The summed E-state index contributed by atoms with van der Waals surface area (Å²) in [6.45, 7) is 1.88. The van der Waals surface area contributed by atoms with Crippen molar-refractivity contribution in [3.8, 4) is 11.8 Å². The second-order valence-electron chi connectivity index (χ2n) is 4.39. The number of hydrogen-bond acceptors (Lipinski definition) is 4. The number of carbonyl (C=O) groups excluding carboxylic acids is 1. The lowest BCUT2D eigenvalue weighted by Gasteiger charge is -2.06. The Morgan fingerprint density at radius 3 is 2.55 bits per heavy atom. The van der Waals surface area contributed by atoms with Crippen molar-refractivity contribution in [2.45, 2.75) is 13.5 Å². The van der Waals surface area contributed by atoms with E-state index >= 15 is 0 Å². The van der Waals surface area contributed by atoms with Crippen LogP contribution in [-0.2, 0) is 11.3 Å². The van der Waals surface area contributed by atoms with Crippen LogP contribution in [0.2, 0.25) is 0 Å². The zero-order chi connectivity index (χ0) is 14.5. The highest BCUT2D eigenvalue weighted by Gasteiger charge is 2.09. The number of ether oxygens (including phenoxy) is 1. The van der Waals surface area contributed by atoms with E-state index in [9.17, 15) is 9.90 Å². The first-order valence-electron chi connectivity index (χ1n) is 6.06. The van der Waals surface area contributed by atoms with Gasteiger partial charge in [0.15, 0.2) is 0 Å². The largest absolute Gasteiger partial charge is 0.508 e. The standard InChI is InChI=1S/C16H13NO3/c1-11-2-7-14(8-15(11)18)16(19)20-10-13-5-3-12(9-17)4-6-13/h2-8,18H,10H2,1H3. The predicted octanol–water partition coefficient (Wildman–Crippen LogP) is 2.93. The highest BCUT2D eigenvalue weighted by Crippen LogP contribution is 2.18. The minimum Gasteiger partial charge on any atom is -0.508 e. The van der Waals surface area contributed by atoms with Crippen LogP contribution in [0, 0.1) is 18.3 Å². The fourth-order valence-electron chi connectivity index (χ4n) is 1.64. The molecule has 0 unspecified atom stereocenters. The van der Waals surface area contributed by atoms with Gasteiger partial charge in [-0.05, 0) is 42.3 Å². The van der Waals surface area contributed by atoms with Crippen LogP contribution in [0.5, 0.6) is 5.75 Å². The first-order chi connectivity index (χ1) is 9.60. The summed E-state index contributed by atoms with van der Waals surface area (Å²) in [5.41, 5.74) is 2.37. The van der Waals surface area contributed by atoms with Gasteiger partial charge in [-0.25, -0.2) is 4.79 Å². The summed E-state index contributed by atoms with van der Waals surface area (Å²) in [7, 11) is 0. The summed E-state index contributed by atoms with van der Waals surface area (Å²) >= 11 is 0. The van der Waals surface area contributed by atoms with Crippen molar-refractivity contribution in [3.63, 3.8) is 0 Å². The molecule has 0 saturated heterocycles. The monoisotopic (exact) mass is 267 g/mol. The molecule has 2 rings (SSSR count). The van der Waals surface area contributed by atoms with Gasteiger partial charge in [0.1, 0.15) is 12.4 Å². The Morgan fingerprint density at radius 1 is 1.25 bits per heavy atom. The quantitative estimate of drug-likeness (QED) is 0.868. The first-order valence-corrected chi connectivity index (χ1v) is 6.06. The number of carbonyl (C=O) groups is 1. The van der Waals surface area contributed by atoms with Crippen LogP contribution in [0.15, 0.2) is 42.5 Å². The molecular formula is C16H13NO3. The molecule has 0 aromatic heterocycles. The van der Waals surface area contributed by atoms with Gasteiger partial charge in [-0.15, -0.1) is 0 Å². The molecule has 2 aromatic rings. The molecule has 0 fully saturated rings. The van der Waals surface area contributed by atoms with Gasteiger partial charge in [0.05, 0.1) is 17.2 Å². The molecule has 1 N–H and O–H groups in total. The second kappa shape index (κ2) is 5.89. The molecular weight excluding hydrogens is 254 g/mol. The molecule has 0 atom stereocenters. The third-order valence-electron chi connectivity index (χ3n) is 2.90. The third kappa shape index (κ3) is 3.15. The highest BCUT2D eigenvalue weighted by molar-refractivity contribution is 5.90. The summed E-state index contributed by atoms with van der Waals surface area (Å²) in [5.74, 6) is -0.428. The van der Waals surface area contributed by atoms with Gasteiger partial charge in [0, 0.05) is 0 Å². The third-order valence-corrected chi connectivity index (χ3v) is 2.90. The van der Waals surface area contributed by atoms with E-state index in [-0.39, 0.29) is 12.4 Å². The number of nitriles is 1. The van der Waals surface area contributed by atoms with Crippen molar-refractivity contribution in [3.05, 3.63) is 64.7 Å². The van der Waals surface area contributed by atoms with E-state index < -0.39 is 5.97 Å². The van der Waals surface area contributed by atoms with Crippen molar-refractivity contribution < 1.29 is 14.6 Å². The predicted molar refractivity (Wildman–Crippen MR) is 73.1 cm³/mol. The second-order valence-corrected chi connectivity index (χ2v) is 4.39. The number of phenolic OH excluding ortho intramolecular Hbond substituents is 1. The van der Waals surface area contributed by atoms with Crippen LogP contribution < -0.4 is 0 Å². The number of hydrogen-bond donors (Lipinski definition) is 1. The maximum absolute atomic E-state index is 11.8. The van der Waals surface area contributed by atoms with Crippen molar-refractivity contribution >= 4 is 5.97 Å². The van der Waals surface area contributed by atoms with Gasteiger partial charge >= 0.3 is 5.97 Å². The molecule has 2 aromatic carbocycles. The van der Waals surface area contributed by atoms with Crippen LogP contribution >= 0.6 is 0 Å². The molecule has 0 spiro atoms. The van der Waals surface area contributed by atoms with Crippen LogP contribution in [0.25, 0.3) is 0 Å². The number of esters is 1.